The van der Waals surface area contributed by atoms with Gasteiger partial charge in [-0.15, -0.1) is 0 Å². The number of likely N-dealkylation sites (tertiary alicyclic amines) is 1. The maximum atomic E-state index is 5.45. The van der Waals surface area contributed by atoms with E-state index in [2.05, 4.69) is 36.2 Å². The van der Waals surface area contributed by atoms with Gasteiger partial charge in [0, 0.05) is 30.7 Å². The Balaban J connectivity index is 1.97. The Morgan fingerprint density at radius 1 is 1.37 bits per heavy atom. The molecule has 0 spiro atoms. The molecule has 1 unspecified atom stereocenters. The highest BCUT2D eigenvalue weighted by molar-refractivity contribution is 5.33. The number of hydrogen-bond acceptors (Lipinski definition) is 3. The van der Waals surface area contributed by atoms with E-state index in [-0.39, 0.29) is 0 Å². The van der Waals surface area contributed by atoms with E-state index >= 15 is 0 Å². The molecule has 1 aromatic carbocycles. The van der Waals surface area contributed by atoms with Gasteiger partial charge >= 0.3 is 0 Å². The molecule has 1 fully saturated rings. The van der Waals surface area contributed by atoms with Crippen LogP contribution in [0.25, 0.3) is 0 Å². The number of ether oxygens (including phenoxy) is 1. The van der Waals surface area contributed by atoms with E-state index < -0.39 is 0 Å². The molecule has 1 aliphatic rings. The maximum Gasteiger partial charge on any atom is 0.123 e. The molecule has 106 valence electrons. The summed E-state index contributed by atoms with van der Waals surface area (Å²) in [4.78, 5) is 2.58. The van der Waals surface area contributed by atoms with E-state index in [1.54, 1.807) is 7.11 Å². The lowest BCUT2D eigenvalue weighted by atomic mass is 10.1. The van der Waals surface area contributed by atoms with Crippen LogP contribution < -0.4 is 10.1 Å². The van der Waals surface area contributed by atoms with Crippen molar-refractivity contribution in [2.24, 2.45) is 0 Å². The van der Waals surface area contributed by atoms with Crippen LogP contribution in [0.1, 0.15) is 32.3 Å². The van der Waals surface area contributed by atoms with Gasteiger partial charge in [-0.25, -0.2) is 0 Å². The monoisotopic (exact) mass is 262 g/mol. The summed E-state index contributed by atoms with van der Waals surface area (Å²) in [6, 6.07) is 9.57. The molecule has 1 heterocycles. The van der Waals surface area contributed by atoms with E-state index in [9.17, 15) is 0 Å². The molecule has 0 saturated carbocycles. The van der Waals surface area contributed by atoms with Gasteiger partial charge < -0.3 is 10.1 Å². The summed E-state index contributed by atoms with van der Waals surface area (Å²) in [5.74, 6) is 1.00. The zero-order valence-corrected chi connectivity index (χ0v) is 12.4. The van der Waals surface area contributed by atoms with Gasteiger partial charge in [-0.05, 0) is 25.5 Å². The molecule has 0 bridgehead atoms. The van der Waals surface area contributed by atoms with Gasteiger partial charge in [0.25, 0.3) is 0 Å². The molecule has 3 heteroatoms. The third kappa shape index (κ3) is 3.95. The van der Waals surface area contributed by atoms with Crippen LogP contribution >= 0.6 is 0 Å². The molecule has 0 aromatic heterocycles. The van der Waals surface area contributed by atoms with Crippen LogP contribution in [0, 0.1) is 0 Å². The van der Waals surface area contributed by atoms with Gasteiger partial charge in [-0.1, -0.05) is 32.0 Å². The number of hydrogen-bond donors (Lipinski definition) is 1. The Hall–Kier alpha value is -1.06. The average Bonchev–Trinajstić information content (AvgIpc) is 2.84. The normalized spacial score (nSPS) is 20.1. The van der Waals surface area contributed by atoms with Crippen LogP contribution in [0.15, 0.2) is 24.3 Å². The standard InChI is InChI=1S/C16H26N2O/c1-13(2)17-11-15-8-6-10-18(15)12-14-7-4-5-9-16(14)19-3/h4-5,7,9,13,15,17H,6,8,10-12H2,1-3H3. The van der Waals surface area contributed by atoms with Crippen molar-refractivity contribution in [1.82, 2.24) is 10.2 Å². The molecule has 1 atom stereocenters. The SMILES string of the molecule is COc1ccccc1CN1CCCC1CNC(C)C. The molecule has 1 N–H and O–H groups in total. The van der Waals surface area contributed by atoms with Crippen LogP contribution in [0.5, 0.6) is 5.75 Å². The van der Waals surface area contributed by atoms with Gasteiger partial charge in [-0.2, -0.15) is 0 Å². The number of nitrogens with zero attached hydrogens (tertiary/aromatic N) is 1. The van der Waals surface area contributed by atoms with E-state index in [0.29, 0.717) is 12.1 Å². The van der Waals surface area contributed by atoms with Gasteiger partial charge in [0.2, 0.25) is 0 Å². The third-order valence-corrected chi connectivity index (χ3v) is 3.83. The lowest BCUT2D eigenvalue weighted by Gasteiger charge is -2.26. The second-order valence-electron chi connectivity index (χ2n) is 5.64. The first-order chi connectivity index (χ1) is 9.20. The smallest absolute Gasteiger partial charge is 0.123 e. The second kappa shape index (κ2) is 6.92. The number of nitrogens with one attached hydrogen (secondary N) is 1. The topological polar surface area (TPSA) is 24.5 Å². The third-order valence-electron chi connectivity index (χ3n) is 3.83. The molecular formula is C16H26N2O. The molecule has 1 aliphatic heterocycles. The highest BCUT2D eigenvalue weighted by atomic mass is 16.5. The first-order valence-electron chi connectivity index (χ1n) is 7.30. The predicted molar refractivity (Wildman–Crippen MR) is 79.6 cm³/mol. The number of para-hydroxylation sites is 1. The zero-order valence-electron chi connectivity index (χ0n) is 12.4. The lowest BCUT2D eigenvalue weighted by Crippen LogP contribution is -2.39. The van der Waals surface area contributed by atoms with Crippen LogP contribution in [0.4, 0.5) is 0 Å². The fourth-order valence-electron chi connectivity index (χ4n) is 2.76. The quantitative estimate of drug-likeness (QED) is 0.853. The summed E-state index contributed by atoms with van der Waals surface area (Å²) in [6.45, 7) is 7.70. The van der Waals surface area contributed by atoms with Crippen molar-refractivity contribution in [1.29, 1.82) is 0 Å². The fourth-order valence-corrected chi connectivity index (χ4v) is 2.76. The molecule has 19 heavy (non-hydrogen) atoms. The fraction of sp³-hybridized carbons (Fsp3) is 0.625. The summed E-state index contributed by atoms with van der Waals surface area (Å²) in [5.41, 5.74) is 1.29. The number of rotatable bonds is 6. The largest absolute Gasteiger partial charge is 0.496 e. The highest BCUT2D eigenvalue weighted by Crippen LogP contribution is 2.24. The average molecular weight is 262 g/mol. The Bertz CT molecular complexity index is 392. The molecule has 2 rings (SSSR count). The first kappa shape index (κ1) is 14.4. The zero-order chi connectivity index (χ0) is 13.7. The molecular weight excluding hydrogens is 236 g/mol. The van der Waals surface area contributed by atoms with Gasteiger partial charge in [0.05, 0.1) is 7.11 Å². The van der Waals surface area contributed by atoms with E-state index in [1.165, 1.54) is 24.9 Å². The molecule has 1 aromatic rings. The van der Waals surface area contributed by atoms with E-state index in [4.69, 9.17) is 4.74 Å². The van der Waals surface area contributed by atoms with Gasteiger partial charge in [-0.3, -0.25) is 4.90 Å². The Kier molecular flexibility index (Phi) is 5.23. The number of methoxy groups -OCH3 is 1. The van der Waals surface area contributed by atoms with Crippen molar-refractivity contribution >= 4 is 0 Å². The van der Waals surface area contributed by atoms with Crippen molar-refractivity contribution in [3.8, 4) is 5.75 Å². The van der Waals surface area contributed by atoms with Crippen LogP contribution in [0.2, 0.25) is 0 Å². The Morgan fingerprint density at radius 3 is 2.89 bits per heavy atom. The Morgan fingerprint density at radius 2 is 2.16 bits per heavy atom. The minimum Gasteiger partial charge on any atom is -0.496 e. The summed E-state index contributed by atoms with van der Waals surface area (Å²) >= 11 is 0. The van der Waals surface area contributed by atoms with Crippen molar-refractivity contribution in [3.63, 3.8) is 0 Å². The molecule has 1 saturated heterocycles. The van der Waals surface area contributed by atoms with Gasteiger partial charge in [0.1, 0.15) is 5.75 Å². The van der Waals surface area contributed by atoms with Crippen LogP contribution in [-0.4, -0.2) is 37.2 Å². The summed E-state index contributed by atoms with van der Waals surface area (Å²) in [5, 5.41) is 3.56. The molecule has 0 aliphatic carbocycles. The van der Waals surface area contributed by atoms with Crippen LogP contribution in [0.3, 0.4) is 0 Å². The minimum absolute atomic E-state index is 0.564. The summed E-state index contributed by atoms with van der Waals surface area (Å²) in [7, 11) is 1.75. The highest BCUT2D eigenvalue weighted by Gasteiger charge is 2.24. The van der Waals surface area contributed by atoms with E-state index in [0.717, 1.165) is 18.8 Å². The predicted octanol–water partition coefficient (Wildman–Crippen LogP) is 2.66. The van der Waals surface area contributed by atoms with E-state index in [1.807, 2.05) is 12.1 Å². The molecule has 3 nitrogen and oxygen atoms in total. The number of benzene rings is 1. The maximum absolute atomic E-state index is 5.45. The second-order valence-corrected chi connectivity index (χ2v) is 5.64. The lowest BCUT2D eigenvalue weighted by molar-refractivity contribution is 0.233. The minimum atomic E-state index is 0.564. The van der Waals surface area contributed by atoms with Crippen molar-refractivity contribution in [2.75, 3.05) is 20.2 Å². The summed E-state index contributed by atoms with van der Waals surface area (Å²) < 4.78 is 5.45. The molecule has 0 radical (unpaired) electrons. The molecule has 0 amide bonds. The first-order valence-corrected chi connectivity index (χ1v) is 7.30. The summed E-state index contributed by atoms with van der Waals surface area (Å²) in [6.07, 6.45) is 2.61. The van der Waals surface area contributed by atoms with Crippen molar-refractivity contribution in [2.45, 2.75) is 45.3 Å². The van der Waals surface area contributed by atoms with Gasteiger partial charge in [0.15, 0.2) is 0 Å². The van der Waals surface area contributed by atoms with Crippen molar-refractivity contribution in [3.05, 3.63) is 29.8 Å². The Labute approximate surface area is 116 Å². The van der Waals surface area contributed by atoms with Crippen molar-refractivity contribution < 1.29 is 4.74 Å². The van der Waals surface area contributed by atoms with Crippen LogP contribution in [-0.2, 0) is 6.54 Å².